The van der Waals surface area contributed by atoms with Crippen LogP contribution in [0.25, 0.3) is 0 Å². The van der Waals surface area contributed by atoms with Crippen LogP contribution in [-0.4, -0.2) is 33.4 Å². The normalized spacial score (nSPS) is 12.0. The number of ether oxygens (including phenoxy) is 1. The fourth-order valence-electron chi connectivity index (χ4n) is 2.46. The van der Waals surface area contributed by atoms with Crippen molar-refractivity contribution in [1.29, 1.82) is 0 Å². The number of aromatic nitrogens is 2. The van der Waals surface area contributed by atoms with Crippen LogP contribution in [0.2, 0.25) is 0 Å². The first-order chi connectivity index (χ1) is 11.8. The molecule has 0 saturated carbocycles. The average Bonchev–Trinajstić information content (AvgIpc) is 2.95. The summed E-state index contributed by atoms with van der Waals surface area (Å²) in [6, 6.07) is 6.76. The monoisotopic (exact) mass is 345 g/mol. The lowest BCUT2D eigenvalue weighted by atomic mass is 10.0. The van der Waals surface area contributed by atoms with Gasteiger partial charge >= 0.3 is 5.97 Å². The van der Waals surface area contributed by atoms with E-state index in [1.165, 1.54) is 0 Å². The molecule has 0 bridgehead atoms. The van der Waals surface area contributed by atoms with E-state index in [2.05, 4.69) is 10.4 Å². The largest absolute Gasteiger partial charge is 0.482 e. The Bertz CT molecular complexity index is 750. The number of nitrogens with zero attached hydrogens (tertiary/aromatic N) is 2. The molecule has 2 aromatic rings. The topological polar surface area (TPSA) is 93.5 Å². The molecule has 7 nitrogen and oxygen atoms in total. The van der Waals surface area contributed by atoms with Crippen LogP contribution in [0.5, 0.6) is 5.75 Å². The summed E-state index contributed by atoms with van der Waals surface area (Å²) >= 11 is 0. The lowest BCUT2D eigenvalue weighted by Gasteiger charge is -2.15. The fraction of sp³-hybridized carbons (Fsp3) is 0.389. The molecule has 1 atom stereocenters. The van der Waals surface area contributed by atoms with Crippen molar-refractivity contribution in [3.63, 3.8) is 0 Å². The first-order valence-corrected chi connectivity index (χ1v) is 8.07. The zero-order valence-corrected chi connectivity index (χ0v) is 14.8. The fourth-order valence-corrected chi connectivity index (χ4v) is 2.46. The predicted octanol–water partition coefficient (Wildman–Crippen LogP) is 2.50. The highest BCUT2D eigenvalue weighted by Gasteiger charge is 2.19. The number of hydrogen-bond donors (Lipinski definition) is 2. The number of carboxylic acids is 1. The second-order valence-corrected chi connectivity index (χ2v) is 6.20. The van der Waals surface area contributed by atoms with Gasteiger partial charge in [-0.1, -0.05) is 26.0 Å². The number of nitrogens with one attached hydrogen (secondary N) is 1. The third-order valence-electron chi connectivity index (χ3n) is 3.74. The van der Waals surface area contributed by atoms with Gasteiger partial charge in [-0.25, -0.2) is 4.79 Å². The zero-order chi connectivity index (χ0) is 18.6. The molecule has 0 saturated heterocycles. The minimum absolute atomic E-state index is 0.155. The zero-order valence-electron chi connectivity index (χ0n) is 14.8. The summed E-state index contributed by atoms with van der Waals surface area (Å²) in [6.45, 7) is 5.50. The van der Waals surface area contributed by atoms with Gasteiger partial charge in [0.05, 0.1) is 17.3 Å². The van der Waals surface area contributed by atoms with Crippen LogP contribution in [0.15, 0.2) is 30.5 Å². The molecule has 0 aliphatic heterocycles. The molecule has 25 heavy (non-hydrogen) atoms. The summed E-state index contributed by atoms with van der Waals surface area (Å²) in [5, 5.41) is 15.9. The highest BCUT2D eigenvalue weighted by atomic mass is 16.5. The maximum absolute atomic E-state index is 12.6. The highest BCUT2D eigenvalue weighted by molar-refractivity contribution is 5.95. The van der Waals surface area contributed by atoms with Crippen molar-refractivity contribution in [3.8, 4) is 5.75 Å². The van der Waals surface area contributed by atoms with E-state index in [1.54, 1.807) is 42.2 Å². The molecule has 0 aliphatic rings. The summed E-state index contributed by atoms with van der Waals surface area (Å²) in [4.78, 5) is 23.1. The Labute approximate surface area is 146 Å². The number of rotatable bonds is 7. The first-order valence-electron chi connectivity index (χ1n) is 8.07. The molecule has 0 spiro atoms. The van der Waals surface area contributed by atoms with Gasteiger partial charge < -0.3 is 15.2 Å². The number of benzene rings is 1. The third kappa shape index (κ3) is 4.82. The molecule has 1 unspecified atom stereocenters. The molecule has 1 amide bonds. The number of hydrogen-bond acceptors (Lipinski definition) is 4. The molecule has 1 aromatic heterocycles. The Morgan fingerprint density at radius 1 is 1.24 bits per heavy atom. The Morgan fingerprint density at radius 2 is 1.88 bits per heavy atom. The van der Waals surface area contributed by atoms with Crippen molar-refractivity contribution in [2.24, 2.45) is 7.05 Å². The summed E-state index contributed by atoms with van der Waals surface area (Å²) in [7, 11) is 1.79. The summed E-state index contributed by atoms with van der Waals surface area (Å²) in [5.41, 5.74) is 2.24. The van der Waals surface area contributed by atoms with Crippen molar-refractivity contribution in [3.05, 3.63) is 47.3 Å². The average molecular weight is 345 g/mol. The maximum Gasteiger partial charge on any atom is 0.341 e. The smallest absolute Gasteiger partial charge is 0.341 e. The van der Waals surface area contributed by atoms with E-state index in [4.69, 9.17) is 9.84 Å². The van der Waals surface area contributed by atoms with E-state index in [0.29, 0.717) is 11.3 Å². The maximum atomic E-state index is 12.6. The quantitative estimate of drug-likeness (QED) is 0.804. The van der Waals surface area contributed by atoms with Gasteiger partial charge in [-0.3, -0.25) is 9.48 Å². The summed E-state index contributed by atoms with van der Waals surface area (Å²) in [5.74, 6) is -0.570. The van der Waals surface area contributed by atoms with Crippen LogP contribution >= 0.6 is 0 Å². The lowest BCUT2D eigenvalue weighted by molar-refractivity contribution is -0.139. The van der Waals surface area contributed by atoms with Gasteiger partial charge in [-0.15, -0.1) is 0 Å². The molecule has 1 aromatic carbocycles. The van der Waals surface area contributed by atoms with Crippen LogP contribution in [-0.2, 0) is 11.8 Å². The van der Waals surface area contributed by atoms with E-state index in [0.717, 1.165) is 11.3 Å². The summed E-state index contributed by atoms with van der Waals surface area (Å²) in [6.07, 6.45) is 1.72. The SMILES string of the molecule is CC(C)c1nn(C)cc1C(=O)NC(C)c1ccc(OCC(=O)O)cc1. The van der Waals surface area contributed by atoms with Crippen molar-refractivity contribution < 1.29 is 19.4 Å². The Kier molecular flexibility index (Phi) is 5.80. The molecule has 2 rings (SSSR count). The van der Waals surface area contributed by atoms with Gasteiger partial charge in [0.2, 0.25) is 0 Å². The standard InChI is InChI=1S/C18H23N3O4/c1-11(2)17-15(9-21(4)20-17)18(24)19-12(3)13-5-7-14(8-6-13)25-10-16(22)23/h5-9,11-12H,10H2,1-4H3,(H,19,24)(H,22,23). The van der Waals surface area contributed by atoms with Crippen LogP contribution < -0.4 is 10.1 Å². The minimum Gasteiger partial charge on any atom is -0.482 e. The van der Waals surface area contributed by atoms with Crippen LogP contribution in [0.1, 0.15) is 54.3 Å². The first kappa shape index (κ1) is 18.5. The van der Waals surface area contributed by atoms with Gasteiger partial charge in [-0.05, 0) is 30.5 Å². The highest BCUT2D eigenvalue weighted by Crippen LogP contribution is 2.20. The Balaban J connectivity index is 2.05. The van der Waals surface area contributed by atoms with E-state index < -0.39 is 5.97 Å². The minimum atomic E-state index is -1.03. The van der Waals surface area contributed by atoms with E-state index in [-0.39, 0.29) is 24.5 Å². The van der Waals surface area contributed by atoms with Crippen molar-refractivity contribution in [2.45, 2.75) is 32.7 Å². The molecule has 0 fully saturated rings. The molecular formula is C18H23N3O4. The van der Waals surface area contributed by atoms with Crippen LogP contribution in [0.3, 0.4) is 0 Å². The molecule has 7 heteroatoms. The van der Waals surface area contributed by atoms with Gasteiger partial charge in [0, 0.05) is 13.2 Å². The van der Waals surface area contributed by atoms with E-state index >= 15 is 0 Å². The second kappa shape index (κ2) is 7.83. The number of aliphatic carboxylic acids is 1. The van der Waals surface area contributed by atoms with Crippen molar-refractivity contribution >= 4 is 11.9 Å². The Morgan fingerprint density at radius 3 is 2.44 bits per heavy atom. The van der Waals surface area contributed by atoms with Gasteiger partial charge in [0.1, 0.15) is 5.75 Å². The number of carboxylic acid groups (broad SMARTS) is 1. The number of aryl methyl sites for hydroxylation is 1. The van der Waals surface area contributed by atoms with E-state index in [9.17, 15) is 9.59 Å². The van der Waals surface area contributed by atoms with Gasteiger partial charge in [0.15, 0.2) is 6.61 Å². The van der Waals surface area contributed by atoms with Gasteiger partial charge in [0.25, 0.3) is 5.91 Å². The van der Waals surface area contributed by atoms with Crippen molar-refractivity contribution in [2.75, 3.05) is 6.61 Å². The summed E-state index contributed by atoms with van der Waals surface area (Å²) < 4.78 is 6.74. The molecule has 0 radical (unpaired) electrons. The third-order valence-corrected chi connectivity index (χ3v) is 3.74. The second-order valence-electron chi connectivity index (χ2n) is 6.20. The van der Waals surface area contributed by atoms with Crippen LogP contribution in [0.4, 0.5) is 0 Å². The number of carbonyl (C=O) groups is 2. The lowest BCUT2D eigenvalue weighted by Crippen LogP contribution is -2.27. The molecule has 134 valence electrons. The Hall–Kier alpha value is -2.83. The molecule has 0 aliphatic carbocycles. The molecule has 2 N–H and O–H groups in total. The number of amides is 1. The number of carbonyl (C=O) groups excluding carboxylic acids is 1. The molecular weight excluding hydrogens is 322 g/mol. The molecule has 1 heterocycles. The predicted molar refractivity (Wildman–Crippen MR) is 92.8 cm³/mol. The van der Waals surface area contributed by atoms with Crippen molar-refractivity contribution in [1.82, 2.24) is 15.1 Å². The van der Waals surface area contributed by atoms with E-state index in [1.807, 2.05) is 20.8 Å². The van der Waals surface area contributed by atoms with Gasteiger partial charge in [-0.2, -0.15) is 5.10 Å². The van der Waals surface area contributed by atoms with Crippen LogP contribution in [0, 0.1) is 0 Å².